The highest BCUT2D eigenvalue weighted by Gasteiger charge is 2.36. The van der Waals surface area contributed by atoms with Crippen LogP contribution in [0.1, 0.15) is 12.5 Å². The van der Waals surface area contributed by atoms with Gasteiger partial charge in [0.05, 0.1) is 16.0 Å². The van der Waals surface area contributed by atoms with Gasteiger partial charge in [-0.25, -0.2) is 0 Å². The maximum atomic E-state index is 11.9. The predicted octanol–water partition coefficient (Wildman–Crippen LogP) is 3.19. The van der Waals surface area contributed by atoms with E-state index in [0.29, 0.717) is 23.1 Å². The van der Waals surface area contributed by atoms with E-state index in [1.807, 2.05) is 0 Å². The smallest absolute Gasteiger partial charge is 0.306 e. The normalized spacial score (nSPS) is 16.8. The Morgan fingerprint density at radius 2 is 2.00 bits per heavy atom. The lowest BCUT2D eigenvalue weighted by atomic mass is 9.87. The topological polar surface area (TPSA) is 57.6 Å². The van der Waals surface area contributed by atoms with E-state index in [4.69, 9.17) is 28.3 Å². The minimum atomic E-state index is -0.821. The van der Waals surface area contributed by atoms with Gasteiger partial charge in [-0.3, -0.25) is 9.59 Å². The van der Waals surface area contributed by atoms with E-state index in [9.17, 15) is 9.59 Å². The summed E-state index contributed by atoms with van der Waals surface area (Å²) in [6, 6.07) is 5.12. The van der Waals surface area contributed by atoms with Crippen LogP contribution in [-0.4, -0.2) is 35.0 Å². The first-order valence-electron chi connectivity index (χ1n) is 6.53. The molecule has 21 heavy (non-hydrogen) atoms. The first-order valence-corrected chi connectivity index (χ1v) is 7.29. The summed E-state index contributed by atoms with van der Waals surface area (Å²) in [5, 5.41) is 9.80. The van der Waals surface area contributed by atoms with Crippen molar-refractivity contribution in [3.8, 4) is 0 Å². The van der Waals surface area contributed by atoms with Crippen LogP contribution in [0.5, 0.6) is 0 Å². The number of benzene rings is 1. The minimum Gasteiger partial charge on any atom is -0.481 e. The van der Waals surface area contributed by atoms with Crippen molar-refractivity contribution < 1.29 is 14.7 Å². The highest BCUT2D eigenvalue weighted by Crippen LogP contribution is 2.25. The molecule has 0 aromatic heterocycles. The molecule has 1 fully saturated rings. The highest BCUT2D eigenvalue weighted by molar-refractivity contribution is 6.42. The molecule has 1 unspecified atom stereocenters. The summed E-state index contributed by atoms with van der Waals surface area (Å²) >= 11 is 11.7. The molecule has 1 heterocycles. The molecule has 6 heteroatoms. The first-order chi connectivity index (χ1) is 9.88. The van der Waals surface area contributed by atoms with E-state index in [0.717, 1.165) is 5.56 Å². The molecule has 0 aliphatic carbocycles. The molecule has 1 aromatic rings. The quantitative estimate of drug-likeness (QED) is 0.864. The molecule has 0 saturated carbocycles. The van der Waals surface area contributed by atoms with Gasteiger partial charge >= 0.3 is 5.97 Å². The maximum Gasteiger partial charge on any atom is 0.306 e. The van der Waals surface area contributed by atoms with E-state index >= 15 is 0 Å². The van der Waals surface area contributed by atoms with Crippen molar-refractivity contribution in [2.24, 2.45) is 11.8 Å². The van der Waals surface area contributed by atoms with E-state index in [1.165, 1.54) is 6.08 Å². The van der Waals surface area contributed by atoms with Crippen LogP contribution < -0.4 is 0 Å². The Balaban J connectivity index is 1.90. The number of carbonyl (C=O) groups excluding carboxylic acids is 1. The number of hydrogen-bond acceptors (Lipinski definition) is 2. The number of halogens is 2. The van der Waals surface area contributed by atoms with Gasteiger partial charge in [0.1, 0.15) is 0 Å². The van der Waals surface area contributed by atoms with Crippen LogP contribution in [0.3, 0.4) is 0 Å². The van der Waals surface area contributed by atoms with E-state index in [1.54, 1.807) is 36.1 Å². The number of carboxylic acid groups (broad SMARTS) is 1. The van der Waals surface area contributed by atoms with Gasteiger partial charge < -0.3 is 10.0 Å². The first kappa shape index (κ1) is 15.9. The molecule has 112 valence electrons. The molecule has 1 amide bonds. The summed E-state index contributed by atoms with van der Waals surface area (Å²) in [4.78, 5) is 24.4. The van der Waals surface area contributed by atoms with Crippen LogP contribution in [0, 0.1) is 11.8 Å². The maximum absolute atomic E-state index is 11.9. The van der Waals surface area contributed by atoms with Crippen molar-refractivity contribution in [2.45, 2.75) is 6.92 Å². The van der Waals surface area contributed by atoms with Crippen molar-refractivity contribution in [3.63, 3.8) is 0 Å². The molecule has 2 rings (SSSR count). The molecule has 0 spiro atoms. The summed E-state index contributed by atoms with van der Waals surface area (Å²) in [5.41, 5.74) is 0.786. The second-order valence-corrected chi connectivity index (χ2v) is 5.95. The van der Waals surface area contributed by atoms with Crippen molar-refractivity contribution >= 4 is 41.2 Å². The Hall–Kier alpha value is -1.52. The number of likely N-dealkylation sites (tertiary alicyclic amines) is 1. The van der Waals surface area contributed by atoms with Crippen molar-refractivity contribution in [3.05, 3.63) is 39.9 Å². The SMILES string of the molecule is CC(C(=O)O)C1CN(C(=O)/C=C/c2ccc(Cl)c(Cl)c2)C1. The van der Waals surface area contributed by atoms with Crippen molar-refractivity contribution in [1.29, 1.82) is 0 Å². The van der Waals surface area contributed by atoms with Gasteiger partial charge in [0.2, 0.25) is 5.91 Å². The summed E-state index contributed by atoms with van der Waals surface area (Å²) < 4.78 is 0. The van der Waals surface area contributed by atoms with E-state index in [-0.39, 0.29) is 11.8 Å². The lowest BCUT2D eigenvalue weighted by molar-refractivity contribution is -0.148. The zero-order valence-corrected chi connectivity index (χ0v) is 12.9. The van der Waals surface area contributed by atoms with Gasteiger partial charge in [0.25, 0.3) is 0 Å². The minimum absolute atomic E-state index is 0.0322. The Labute approximate surface area is 133 Å². The third kappa shape index (κ3) is 3.77. The number of aliphatic carboxylic acids is 1. The highest BCUT2D eigenvalue weighted by atomic mass is 35.5. The number of carboxylic acids is 1. The van der Waals surface area contributed by atoms with E-state index in [2.05, 4.69) is 0 Å². The Kier molecular flexibility index (Phi) is 4.91. The molecule has 0 radical (unpaired) electrons. The Morgan fingerprint density at radius 3 is 2.57 bits per heavy atom. The average molecular weight is 328 g/mol. The fraction of sp³-hybridized carbons (Fsp3) is 0.333. The van der Waals surface area contributed by atoms with E-state index < -0.39 is 11.9 Å². The molecule has 1 saturated heterocycles. The molecule has 1 aliphatic rings. The second kappa shape index (κ2) is 6.50. The number of carbonyl (C=O) groups is 2. The lowest BCUT2D eigenvalue weighted by Gasteiger charge is -2.40. The van der Waals surface area contributed by atoms with Gasteiger partial charge in [-0.05, 0) is 23.8 Å². The molecule has 1 N–H and O–H groups in total. The Bertz CT molecular complexity index is 595. The van der Waals surface area contributed by atoms with Crippen LogP contribution >= 0.6 is 23.2 Å². The molecular formula is C15H15Cl2NO3. The zero-order chi connectivity index (χ0) is 15.6. The van der Waals surface area contributed by atoms with Gasteiger partial charge in [-0.1, -0.05) is 36.2 Å². The Morgan fingerprint density at radius 1 is 1.33 bits per heavy atom. The number of nitrogens with zero attached hydrogens (tertiary/aromatic N) is 1. The van der Waals surface area contributed by atoms with Gasteiger partial charge in [0, 0.05) is 25.1 Å². The largest absolute Gasteiger partial charge is 0.481 e. The number of rotatable bonds is 4. The number of hydrogen-bond donors (Lipinski definition) is 1. The molecule has 0 bridgehead atoms. The van der Waals surface area contributed by atoms with Crippen LogP contribution in [0.4, 0.5) is 0 Å². The molecule has 1 aliphatic heterocycles. The summed E-state index contributed by atoms with van der Waals surface area (Å²) in [5.74, 6) is -1.34. The average Bonchev–Trinajstić information content (AvgIpc) is 2.38. The third-order valence-corrected chi connectivity index (χ3v) is 4.42. The van der Waals surface area contributed by atoms with Crippen molar-refractivity contribution in [2.75, 3.05) is 13.1 Å². The summed E-state index contributed by atoms with van der Waals surface area (Å²) in [7, 11) is 0. The molecule has 1 aromatic carbocycles. The second-order valence-electron chi connectivity index (χ2n) is 5.14. The fourth-order valence-corrected chi connectivity index (χ4v) is 2.41. The van der Waals surface area contributed by atoms with Crippen LogP contribution in [0.2, 0.25) is 10.0 Å². The zero-order valence-electron chi connectivity index (χ0n) is 11.4. The van der Waals surface area contributed by atoms with Gasteiger partial charge in [-0.2, -0.15) is 0 Å². The standard InChI is InChI=1S/C15H15Cl2NO3/c1-9(15(20)21)11-7-18(8-11)14(19)5-3-10-2-4-12(16)13(17)6-10/h2-6,9,11H,7-8H2,1H3,(H,20,21)/b5-3+. The number of amides is 1. The molecule has 4 nitrogen and oxygen atoms in total. The van der Waals surface area contributed by atoms with Crippen LogP contribution in [0.15, 0.2) is 24.3 Å². The molecule has 1 atom stereocenters. The van der Waals surface area contributed by atoms with Crippen LogP contribution in [-0.2, 0) is 9.59 Å². The monoisotopic (exact) mass is 327 g/mol. The third-order valence-electron chi connectivity index (χ3n) is 3.68. The lowest BCUT2D eigenvalue weighted by Crippen LogP contribution is -2.53. The summed E-state index contributed by atoms with van der Waals surface area (Å²) in [6.45, 7) is 2.64. The molecular weight excluding hydrogens is 313 g/mol. The van der Waals surface area contributed by atoms with Gasteiger partial charge in [0.15, 0.2) is 0 Å². The van der Waals surface area contributed by atoms with Crippen LogP contribution in [0.25, 0.3) is 6.08 Å². The van der Waals surface area contributed by atoms with Gasteiger partial charge in [-0.15, -0.1) is 0 Å². The van der Waals surface area contributed by atoms with Crippen molar-refractivity contribution in [1.82, 2.24) is 4.90 Å². The fourth-order valence-electron chi connectivity index (χ4n) is 2.10. The summed E-state index contributed by atoms with van der Waals surface area (Å²) in [6.07, 6.45) is 3.12. The predicted molar refractivity (Wildman–Crippen MR) is 82.4 cm³/mol.